The van der Waals surface area contributed by atoms with Gasteiger partial charge in [-0.05, 0) is 37.5 Å². The lowest BCUT2D eigenvalue weighted by Gasteiger charge is -2.45. The molecule has 102 valence electrons. The predicted molar refractivity (Wildman–Crippen MR) is 60.4 cm³/mol. The normalized spacial score (nSPS) is 32.5. The first kappa shape index (κ1) is 14.8. The Morgan fingerprint density at radius 1 is 1.47 bits per heavy atom. The highest BCUT2D eigenvalue weighted by Gasteiger charge is 2.49. The molecule has 3 atom stereocenters. The van der Waals surface area contributed by atoms with Gasteiger partial charge in [0.2, 0.25) is 0 Å². The van der Waals surface area contributed by atoms with Crippen molar-refractivity contribution in [3.8, 4) is 0 Å². The lowest BCUT2D eigenvalue weighted by molar-refractivity contribution is -0.194. The van der Waals surface area contributed by atoms with Gasteiger partial charge < -0.3 is 10.8 Å². The monoisotopic (exact) mass is 253 g/mol. The predicted octanol–water partition coefficient (Wildman–Crippen LogP) is 2.85. The van der Waals surface area contributed by atoms with Gasteiger partial charge in [-0.1, -0.05) is 13.3 Å². The largest absolute Gasteiger partial charge is 0.396 e. The average molecular weight is 253 g/mol. The van der Waals surface area contributed by atoms with Crippen LogP contribution in [0.5, 0.6) is 0 Å². The average Bonchev–Trinajstić information content (AvgIpc) is 2.27. The first-order valence-electron chi connectivity index (χ1n) is 6.29. The highest BCUT2D eigenvalue weighted by Crippen LogP contribution is 2.49. The third-order valence-electron chi connectivity index (χ3n) is 4.18. The second kappa shape index (κ2) is 5.57. The number of nitrogens with two attached hydrogens (primary N) is 1. The minimum atomic E-state index is -4.13. The van der Waals surface area contributed by atoms with Crippen LogP contribution in [0.15, 0.2) is 0 Å². The molecule has 1 rings (SSSR count). The molecule has 0 amide bonds. The smallest absolute Gasteiger partial charge is 0.391 e. The molecule has 17 heavy (non-hydrogen) atoms. The van der Waals surface area contributed by atoms with Gasteiger partial charge in [-0.3, -0.25) is 0 Å². The number of halogens is 3. The van der Waals surface area contributed by atoms with Crippen molar-refractivity contribution < 1.29 is 18.3 Å². The van der Waals surface area contributed by atoms with Crippen LogP contribution in [0.1, 0.15) is 45.4 Å². The van der Waals surface area contributed by atoms with E-state index in [9.17, 15) is 13.2 Å². The Hall–Kier alpha value is -0.290. The zero-order chi connectivity index (χ0) is 13.1. The van der Waals surface area contributed by atoms with Crippen LogP contribution < -0.4 is 5.73 Å². The molecule has 1 aliphatic carbocycles. The van der Waals surface area contributed by atoms with E-state index < -0.39 is 17.5 Å². The lowest BCUT2D eigenvalue weighted by atomic mass is 9.63. The Labute approximate surface area is 100 Å². The van der Waals surface area contributed by atoms with Gasteiger partial charge in [-0.2, -0.15) is 13.2 Å². The molecule has 1 saturated carbocycles. The van der Waals surface area contributed by atoms with Crippen molar-refractivity contribution >= 4 is 0 Å². The fourth-order valence-corrected chi connectivity index (χ4v) is 3.08. The third-order valence-corrected chi connectivity index (χ3v) is 4.18. The Kier molecular flexibility index (Phi) is 4.84. The van der Waals surface area contributed by atoms with E-state index >= 15 is 0 Å². The summed E-state index contributed by atoms with van der Waals surface area (Å²) in [5.41, 5.74) is 5.47. The highest BCUT2D eigenvalue weighted by atomic mass is 19.4. The summed E-state index contributed by atoms with van der Waals surface area (Å²) in [5, 5.41) is 9.08. The molecule has 0 saturated heterocycles. The highest BCUT2D eigenvalue weighted by molar-refractivity contribution is 4.94. The lowest BCUT2D eigenvalue weighted by Crippen LogP contribution is -2.47. The van der Waals surface area contributed by atoms with E-state index in [4.69, 9.17) is 10.8 Å². The van der Waals surface area contributed by atoms with E-state index in [-0.39, 0.29) is 25.5 Å². The van der Waals surface area contributed by atoms with E-state index in [2.05, 4.69) is 0 Å². The van der Waals surface area contributed by atoms with Crippen molar-refractivity contribution in [2.75, 3.05) is 6.61 Å². The zero-order valence-electron chi connectivity index (χ0n) is 10.3. The van der Waals surface area contributed by atoms with E-state index in [1.54, 1.807) is 0 Å². The molecule has 0 spiro atoms. The van der Waals surface area contributed by atoms with Crippen molar-refractivity contribution in [2.45, 2.75) is 57.7 Å². The maximum Gasteiger partial charge on any atom is 0.391 e. The molecule has 2 nitrogen and oxygen atoms in total. The summed E-state index contributed by atoms with van der Waals surface area (Å²) in [7, 11) is 0. The van der Waals surface area contributed by atoms with Crippen LogP contribution in [0, 0.1) is 11.3 Å². The van der Waals surface area contributed by atoms with Crippen molar-refractivity contribution in [3.63, 3.8) is 0 Å². The molecule has 5 heteroatoms. The molecule has 0 radical (unpaired) electrons. The summed E-state index contributed by atoms with van der Waals surface area (Å²) in [6, 6.07) is -0.250. The van der Waals surface area contributed by atoms with Gasteiger partial charge in [0.05, 0.1) is 5.92 Å². The molecular weight excluding hydrogens is 231 g/mol. The second-order valence-electron chi connectivity index (χ2n) is 5.19. The summed E-state index contributed by atoms with van der Waals surface area (Å²) in [4.78, 5) is 0. The first-order chi connectivity index (χ1) is 7.85. The van der Waals surface area contributed by atoms with Gasteiger partial charge in [0, 0.05) is 12.6 Å². The molecule has 0 aromatic rings. The fourth-order valence-electron chi connectivity index (χ4n) is 3.08. The number of rotatable bonds is 4. The molecular formula is C12H22F3NO. The van der Waals surface area contributed by atoms with Gasteiger partial charge >= 0.3 is 6.18 Å². The van der Waals surface area contributed by atoms with Gasteiger partial charge in [-0.15, -0.1) is 0 Å². The summed E-state index contributed by atoms with van der Waals surface area (Å²) in [6.45, 7) is 1.80. The Bertz CT molecular complexity index is 240. The Morgan fingerprint density at radius 3 is 2.59 bits per heavy atom. The van der Waals surface area contributed by atoms with Crippen molar-refractivity contribution in [1.29, 1.82) is 0 Å². The van der Waals surface area contributed by atoms with Crippen LogP contribution >= 0.6 is 0 Å². The molecule has 3 N–H and O–H groups in total. The van der Waals surface area contributed by atoms with Crippen LogP contribution in [0.4, 0.5) is 13.2 Å². The summed E-state index contributed by atoms with van der Waals surface area (Å²) >= 11 is 0. The van der Waals surface area contributed by atoms with E-state index in [1.165, 1.54) is 0 Å². The van der Waals surface area contributed by atoms with Gasteiger partial charge in [-0.25, -0.2) is 0 Å². The number of alkyl halides is 3. The van der Waals surface area contributed by atoms with Gasteiger partial charge in [0.1, 0.15) is 0 Å². The van der Waals surface area contributed by atoms with E-state index in [1.807, 2.05) is 6.92 Å². The fraction of sp³-hybridized carbons (Fsp3) is 1.00. The molecule has 0 heterocycles. The van der Waals surface area contributed by atoms with Crippen LogP contribution in [0.3, 0.4) is 0 Å². The molecule has 0 aliphatic heterocycles. The molecule has 0 aromatic heterocycles. The topological polar surface area (TPSA) is 46.2 Å². The van der Waals surface area contributed by atoms with Crippen LogP contribution in [0.2, 0.25) is 0 Å². The molecule has 3 unspecified atom stereocenters. The number of aliphatic hydroxyl groups is 1. The van der Waals surface area contributed by atoms with Crippen LogP contribution in [0.25, 0.3) is 0 Å². The maximum absolute atomic E-state index is 12.8. The summed E-state index contributed by atoms with van der Waals surface area (Å²) in [5.74, 6) is -1.25. The first-order valence-corrected chi connectivity index (χ1v) is 6.29. The number of aliphatic hydroxyl groups excluding tert-OH is 1. The molecule has 1 fully saturated rings. The van der Waals surface area contributed by atoms with Gasteiger partial charge in [0.25, 0.3) is 0 Å². The molecule has 0 aromatic carbocycles. The SMILES string of the molecule is CCC(N)C1(CCO)CCCC(C(F)(F)F)C1. The maximum atomic E-state index is 12.8. The second-order valence-corrected chi connectivity index (χ2v) is 5.19. The Balaban J connectivity index is 2.83. The van der Waals surface area contributed by atoms with E-state index in [0.717, 1.165) is 0 Å². The zero-order valence-corrected chi connectivity index (χ0v) is 10.3. The van der Waals surface area contributed by atoms with Crippen molar-refractivity contribution in [2.24, 2.45) is 17.1 Å². The third kappa shape index (κ3) is 3.35. The summed E-state index contributed by atoms with van der Waals surface area (Å²) < 4.78 is 38.4. The minimum absolute atomic E-state index is 0.0755. The Morgan fingerprint density at radius 2 is 2.12 bits per heavy atom. The van der Waals surface area contributed by atoms with Crippen LogP contribution in [-0.2, 0) is 0 Å². The molecule has 0 bridgehead atoms. The standard InChI is InChI=1S/C12H22F3NO/c1-2-10(16)11(6-7-17)5-3-4-9(8-11)12(13,14)15/h9-10,17H,2-8,16H2,1H3. The quantitative estimate of drug-likeness (QED) is 0.809. The minimum Gasteiger partial charge on any atom is -0.396 e. The number of hydrogen-bond donors (Lipinski definition) is 2. The molecule has 1 aliphatic rings. The van der Waals surface area contributed by atoms with Crippen molar-refractivity contribution in [1.82, 2.24) is 0 Å². The van der Waals surface area contributed by atoms with Gasteiger partial charge in [0.15, 0.2) is 0 Å². The van der Waals surface area contributed by atoms with Crippen molar-refractivity contribution in [3.05, 3.63) is 0 Å². The number of hydrogen-bond acceptors (Lipinski definition) is 2. The van der Waals surface area contributed by atoms with E-state index in [0.29, 0.717) is 25.7 Å². The summed E-state index contributed by atoms with van der Waals surface area (Å²) in [6.07, 6.45) is -1.56. The van der Waals surface area contributed by atoms with Crippen LogP contribution in [-0.4, -0.2) is 23.9 Å².